The van der Waals surface area contributed by atoms with Gasteiger partial charge in [-0.05, 0) is 68.5 Å². The molecule has 4 nitrogen and oxygen atoms in total. The molecule has 0 radical (unpaired) electrons. The lowest BCUT2D eigenvalue weighted by Gasteiger charge is -2.52. The van der Waals surface area contributed by atoms with E-state index in [1.807, 2.05) is 0 Å². The summed E-state index contributed by atoms with van der Waals surface area (Å²) in [6.07, 6.45) is 1.87. The fraction of sp³-hybridized carbons (Fsp3) is 1.00. The van der Waals surface area contributed by atoms with Crippen molar-refractivity contribution in [2.75, 3.05) is 53.4 Å². The predicted octanol–water partition coefficient (Wildman–Crippen LogP) is 3.73. The molecule has 2 aliphatic rings. The molecule has 2 bridgehead atoms. The van der Waals surface area contributed by atoms with Crippen LogP contribution in [0.15, 0.2) is 0 Å². The number of nitrogens with zero attached hydrogens (tertiary/aromatic N) is 4. The van der Waals surface area contributed by atoms with Crippen LogP contribution in [0.2, 0.25) is 0 Å². The van der Waals surface area contributed by atoms with E-state index in [1.54, 1.807) is 0 Å². The van der Waals surface area contributed by atoms with Crippen LogP contribution in [0.1, 0.15) is 54.4 Å². The molecule has 2 rings (SSSR count). The van der Waals surface area contributed by atoms with E-state index in [1.165, 1.54) is 0 Å². The first-order valence-corrected chi connectivity index (χ1v) is 10.7. The first kappa shape index (κ1) is 22.7. The van der Waals surface area contributed by atoms with Gasteiger partial charge in [0.15, 0.2) is 0 Å². The Hall–Kier alpha value is 0.420. The molecule has 4 unspecified atom stereocenters. The summed E-state index contributed by atoms with van der Waals surface area (Å²) < 4.78 is 0. The summed E-state index contributed by atoms with van der Waals surface area (Å²) >= 11 is 14.0. The molecule has 2 saturated heterocycles. The van der Waals surface area contributed by atoms with Gasteiger partial charge in [-0.15, -0.1) is 23.2 Å². The first-order valence-electron chi connectivity index (χ1n) is 9.98. The third-order valence-corrected chi connectivity index (χ3v) is 7.71. The molecule has 0 aromatic carbocycles. The number of hydrogen-bond donors (Lipinski definition) is 0. The SMILES string of the molecule is CN1CCN2CCN(CCN(C)C(C)(Cl)CC2(C)C)C(C)(C)CC1(C)Cl. The van der Waals surface area contributed by atoms with Crippen LogP contribution in [0.5, 0.6) is 0 Å². The van der Waals surface area contributed by atoms with E-state index in [-0.39, 0.29) is 21.1 Å². The average Bonchev–Trinajstić information content (AvgIpc) is 2.44. The highest BCUT2D eigenvalue weighted by Crippen LogP contribution is 2.37. The summed E-state index contributed by atoms with van der Waals surface area (Å²) in [5.74, 6) is 0. The molecule has 0 aliphatic carbocycles. The second-order valence-electron chi connectivity index (χ2n) is 10.1. The van der Waals surface area contributed by atoms with Crippen molar-refractivity contribution in [3.8, 4) is 0 Å². The van der Waals surface area contributed by atoms with E-state index in [9.17, 15) is 0 Å². The zero-order valence-electron chi connectivity index (χ0n) is 18.2. The summed E-state index contributed by atoms with van der Waals surface area (Å²) in [6.45, 7) is 19.8. The van der Waals surface area contributed by atoms with Crippen LogP contribution >= 0.6 is 23.2 Å². The van der Waals surface area contributed by atoms with E-state index in [2.05, 4.69) is 75.2 Å². The van der Waals surface area contributed by atoms with Crippen molar-refractivity contribution in [1.29, 1.82) is 0 Å². The fourth-order valence-electron chi connectivity index (χ4n) is 4.76. The topological polar surface area (TPSA) is 13.0 Å². The van der Waals surface area contributed by atoms with Crippen molar-refractivity contribution in [3.63, 3.8) is 0 Å². The van der Waals surface area contributed by atoms with Gasteiger partial charge in [0.05, 0.1) is 10.00 Å². The van der Waals surface area contributed by atoms with Crippen LogP contribution in [0.4, 0.5) is 0 Å². The minimum atomic E-state index is -0.341. The van der Waals surface area contributed by atoms with Gasteiger partial charge in [-0.1, -0.05) is 0 Å². The maximum absolute atomic E-state index is 7.01. The van der Waals surface area contributed by atoms with Crippen molar-refractivity contribution >= 4 is 23.2 Å². The Morgan fingerprint density at radius 2 is 0.808 bits per heavy atom. The molecule has 0 amide bonds. The zero-order chi connectivity index (χ0) is 20.0. The molecule has 2 heterocycles. The van der Waals surface area contributed by atoms with Gasteiger partial charge in [-0.25, -0.2) is 0 Å². The van der Waals surface area contributed by atoms with Crippen LogP contribution in [0.3, 0.4) is 0 Å². The molecule has 4 atom stereocenters. The molecule has 0 N–H and O–H groups in total. The van der Waals surface area contributed by atoms with Crippen LogP contribution in [-0.2, 0) is 0 Å². The molecule has 0 aromatic rings. The highest BCUT2D eigenvalue weighted by Gasteiger charge is 2.43. The third-order valence-electron chi connectivity index (χ3n) is 6.86. The van der Waals surface area contributed by atoms with Crippen LogP contribution in [-0.4, -0.2) is 94.0 Å². The Balaban J connectivity index is 2.43. The summed E-state index contributed by atoms with van der Waals surface area (Å²) in [4.78, 5) is 9.19. The highest BCUT2D eigenvalue weighted by molar-refractivity contribution is 6.23. The number of alkyl halides is 2. The number of fused-ring (bicyclic) bond motifs is 3. The second-order valence-corrected chi connectivity index (χ2v) is 11.7. The molecule has 0 spiro atoms. The van der Waals surface area contributed by atoms with Crippen LogP contribution < -0.4 is 0 Å². The lowest BCUT2D eigenvalue weighted by molar-refractivity contribution is -0.0133. The van der Waals surface area contributed by atoms with Gasteiger partial charge in [-0.2, -0.15) is 0 Å². The van der Waals surface area contributed by atoms with Gasteiger partial charge in [0.2, 0.25) is 0 Å². The highest BCUT2D eigenvalue weighted by atomic mass is 35.5. The second kappa shape index (κ2) is 7.68. The van der Waals surface area contributed by atoms with Crippen LogP contribution in [0.25, 0.3) is 0 Å². The fourth-order valence-corrected chi connectivity index (χ4v) is 5.58. The Morgan fingerprint density at radius 1 is 0.538 bits per heavy atom. The smallest absolute Gasteiger partial charge is 0.0947 e. The minimum absolute atomic E-state index is 0.0284. The van der Waals surface area contributed by atoms with E-state index < -0.39 is 0 Å². The third kappa shape index (κ3) is 5.07. The molecule has 6 heteroatoms. The molecule has 0 saturated carbocycles. The number of halogens is 2. The molecule has 2 aliphatic heterocycles. The molecular weight excluding hydrogens is 367 g/mol. The van der Waals surface area contributed by atoms with E-state index >= 15 is 0 Å². The lowest BCUT2D eigenvalue weighted by atomic mass is 9.89. The van der Waals surface area contributed by atoms with Crippen molar-refractivity contribution < 1.29 is 0 Å². The maximum Gasteiger partial charge on any atom is 0.0947 e. The standard InChI is InChI=1S/C20H40Cl2N4/c1-17(2)15-19(5,21)23(7)10-12-26-14-13-25(17)11-9-24(8)20(6,22)16-18(26,3)4/h9-16H2,1-8H3. The lowest BCUT2D eigenvalue weighted by Crippen LogP contribution is -2.62. The van der Waals surface area contributed by atoms with Gasteiger partial charge < -0.3 is 0 Å². The summed E-state index contributed by atoms with van der Waals surface area (Å²) in [6, 6.07) is 0. The van der Waals surface area contributed by atoms with Crippen molar-refractivity contribution in [3.05, 3.63) is 0 Å². The van der Waals surface area contributed by atoms with Gasteiger partial charge >= 0.3 is 0 Å². The number of likely N-dealkylation sites (N-methyl/N-ethyl adjacent to an activating group) is 2. The normalized spacial score (nSPS) is 43.2. The Bertz CT molecular complexity index is 446. The average molecular weight is 407 g/mol. The molecule has 0 aromatic heterocycles. The van der Waals surface area contributed by atoms with Gasteiger partial charge in [-0.3, -0.25) is 19.6 Å². The molecule has 26 heavy (non-hydrogen) atoms. The monoisotopic (exact) mass is 406 g/mol. The molecule has 2 fully saturated rings. The van der Waals surface area contributed by atoms with E-state index in [0.29, 0.717) is 0 Å². The van der Waals surface area contributed by atoms with E-state index in [0.717, 1.165) is 52.1 Å². The largest absolute Gasteiger partial charge is 0.296 e. The molecular formula is C20H40Cl2N4. The summed E-state index contributed by atoms with van der Waals surface area (Å²) in [7, 11) is 4.32. The van der Waals surface area contributed by atoms with Crippen molar-refractivity contribution in [2.24, 2.45) is 0 Å². The first-order chi connectivity index (χ1) is 11.7. The Labute approximate surface area is 171 Å². The predicted molar refractivity (Wildman–Crippen MR) is 114 cm³/mol. The van der Waals surface area contributed by atoms with Crippen molar-refractivity contribution in [2.45, 2.75) is 75.5 Å². The minimum Gasteiger partial charge on any atom is -0.296 e. The van der Waals surface area contributed by atoms with Gasteiger partial charge in [0.25, 0.3) is 0 Å². The summed E-state index contributed by atoms with van der Waals surface area (Å²) in [5, 5.41) is 0. The Morgan fingerprint density at radius 3 is 1.12 bits per heavy atom. The zero-order valence-corrected chi connectivity index (χ0v) is 19.7. The number of hydrogen-bond acceptors (Lipinski definition) is 4. The van der Waals surface area contributed by atoms with Gasteiger partial charge in [0, 0.05) is 50.3 Å². The van der Waals surface area contributed by atoms with Crippen LogP contribution in [0, 0.1) is 0 Å². The van der Waals surface area contributed by atoms with Crippen molar-refractivity contribution in [1.82, 2.24) is 19.6 Å². The number of rotatable bonds is 0. The summed E-state index contributed by atoms with van der Waals surface area (Å²) in [5.41, 5.74) is 0.0569. The molecule has 154 valence electrons. The van der Waals surface area contributed by atoms with E-state index in [4.69, 9.17) is 23.2 Å². The van der Waals surface area contributed by atoms with Gasteiger partial charge in [0.1, 0.15) is 0 Å². The maximum atomic E-state index is 7.01. The Kier molecular flexibility index (Phi) is 6.71. The quantitative estimate of drug-likeness (QED) is 0.448.